The largest absolute Gasteiger partial charge is 0.412 e. The summed E-state index contributed by atoms with van der Waals surface area (Å²) in [5.41, 5.74) is 15.8. The molecule has 0 radical (unpaired) electrons. The third-order valence-corrected chi connectivity index (χ3v) is 2.54. The first-order valence-corrected chi connectivity index (χ1v) is 4.95. The van der Waals surface area contributed by atoms with Crippen molar-refractivity contribution in [2.75, 3.05) is 11.5 Å². The normalized spacial score (nSPS) is 8.80. The number of nitrogens with two attached hydrogens (primary N) is 2. The van der Waals surface area contributed by atoms with Crippen molar-refractivity contribution in [1.29, 1.82) is 0 Å². The highest BCUT2D eigenvalue weighted by Crippen LogP contribution is 2.22. The van der Waals surface area contributed by atoms with Gasteiger partial charge in [0.05, 0.1) is 33.4 Å². The van der Waals surface area contributed by atoms with Gasteiger partial charge in [0.15, 0.2) is 0 Å². The van der Waals surface area contributed by atoms with Crippen molar-refractivity contribution in [3.8, 4) is 0 Å². The molecule has 0 amide bonds. The molecule has 0 aliphatic heterocycles. The van der Waals surface area contributed by atoms with E-state index in [0.717, 1.165) is 22.1 Å². The predicted octanol–water partition coefficient (Wildman–Crippen LogP) is -1.35. The van der Waals surface area contributed by atoms with Gasteiger partial charge in [0.2, 0.25) is 0 Å². The van der Waals surface area contributed by atoms with E-state index in [2.05, 4.69) is 9.97 Å². The Morgan fingerprint density at radius 1 is 0.600 bits per heavy atom. The molecule has 12 N–H and O–H groups in total. The maximum absolute atomic E-state index is 5.74. The van der Waals surface area contributed by atoms with Crippen molar-refractivity contribution in [3.63, 3.8) is 0 Å². The molecule has 0 unspecified atom stereocenters. The Labute approximate surface area is 114 Å². The van der Waals surface area contributed by atoms with Crippen LogP contribution in [0.2, 0.25) is 0 Å². The molecule has 0 bridgehead atoms. The lowest BCUT2D eigenvalue weighted by atomic mass is 10.2. The minimum Gasteiger partial charge on any atom is -0.412 e. The van der Waals surface area contributed by atoms with Crippen LogP contribution in [-0.2, 0) is 0 Å². The number of para-hydroxylation sites is 2. The van der Waals surface area contributed by atoms with Crippen LogP contribution in [0, 0.1) is 0 Å². The third-order valence-electron chi connectivity index (χ3n) is 2.54. The van der Waals surface area contributed by atoms with Crippen LogP contribution in [0.4, 0.5) is 11.4 Å². The average molecular weight is 282 g/mol. The molecule has 2 aromatic carbocycles. The summed E-state index contributed by atoms with van der Waals surface area (Å²) in [6.45, 7) is 0. The highest BCUT2D eigenvalue weighted by Gasteiger charge is 2.03. The van der Waals surface area contributed by atoms with Gasteiger partial charge in [-0.2, -0.15) is 0 Å². The molecular formula is C12H18N4O4. The summed E-state index contributed by atoms with van der Waals surface area (Å²) in [5.74, 6) is 0. The summed E-state index contributed by atoms with van der Waals surface area (Å²) in [6, 6.07) is 11.2. The average Bonchev–Trinajstić information content (AvgIpc) is 2.28. The van der Waals surface area contributed by atoms with Crippen LogP contribution in [0.5, 0.6) is 0 Å². The number of benzene rings is 2. The SMILES string of the molecule is Nc1cc2nc3ccccc3nc2cc1N.O.O.O.O. The molecule has 0 aliphatic carbocycles. The number of fused-ring (bicyclic) bond motifs is 2. The predicted molar refractivity (Wildman–Crippen MR) is 80.3 cm³/mol. The Hall–Kier alpha value is -2.52. The zero-order chi connectivity index (χ0) is 11.1. The van der Waals surface area contributed by atoms with E-state index in [-0.39, 0.29) is 21.9 Å². The minimum absolute atomic E-state index is 0. The van der Waals surface area contributed by atoms with Gasteiger partial charge in [0.25, 0.3) is 0 Å². The quantitative estimate of drug-likeness (QED) is 0.378. The van der Waals surface area contributed by atoms with Crippen molar-refractivity contribution < 1.29 is 21.9 Å². The molecule has 8 nitrogen and oxygen atoms in total. The summed E-state index contributed by atoms with van der Waals surface area (Å²) in [5, 5.41) is 0. The molecule has 0 saturated heterocycles. The van der Waals surface area contributed by atoms with Crippen LogP contribution in [0.15, 0.2) is 36.4 Å². The van der Waals surface area contributed by atoms with E-state index in [1.807, 2.05) is 24.3 Å². The lowest BCUT2D eigenvalue weighted by molar-refractivity contribution is 0.823. The molecule has 1 heterocycles. The Kier molecular flexibility index (Phi) is 7.10. The number of rotatable bonds is 0. The lowest BCUT2D eigenvalue weighted by Crippen LogP contribution is -1.96. The number of nitrogens with zero attached hydrogens (tertiary/aromatic N) is 2. The summed E-state index contributed by atoms with van der Waals surface area (Å²) in [4.78, 5) is 8.96. The second-order valence-electron chi connectivity index (χ2n) is 3.68. The fourth-order valence-electron chi connectivity index (χ4n) is 1.70. The molecule has 3 rings (SSSR count). The van der Waals surface area contributed by atoms with Crippen LogP contribution in [0.3, 0.4) is 0 Å². The van der Waals surface area contributed by atoms with Crippen LogP contribution in [0.1, 0.15) is 0 Å². The van der Waals surface area contributed by atoms with Crippen LogP contribution < -0.4 is 11.5 Å². The van der Waals surface area contributed by atoms with Crippen LogP contribution in [-0.4, -0.2) is 31.9 Å². The number of hydrogen-bond donors (Lipinski definition) is 2. The molecular weight excluding hydrogens is 264 g/mol. The lowest BCUT2D eigenvalue weighted by Gasteiger charge is -2.04. The summed E-state index contributed by atoms with van der Waals surface area (Å²) >= 11 is 0. The second-order valence-corrected chi connectivity index (χ2v) is 3.68. The maximum Gasteiger partial charge on any atom is 0.0916 e. The van der Waals surface area contributed by atoms with Gasteiger partial charge in [-0.15, -0.1) is 0 Å². The zero-order valence-corrected chi connectivity index (χ0v) is 10.5. The molecule has 3 aromatic rings. The molecule has 0 aliphatic rings. The molecule has 1 aromatic heterocycles. The van der Waals surface area contributed by atoms with Gasteiger partial charge in [-0.05, 0) is 24.3 Å². The van der Waals surface area contributed by atoms with Crippen molar-refractivity contribution in [1.82, 2.24) is 9.97 Å². The first-order chi connectivity index (χ1) is 7.74. The van der Waals surface area contributed by atoms with Crippen molar-refractivity contribution in [3.05, 3.63) is 36.4 Å². The molecule has 0 saturated carbocycles. The molecule has 110 valence electrons. The number of nitrogen functional groups attached to an aromatic ring is 2. The van der Waals surface area contributed by atoms with Crippen LogP contribution in [0.25, 0.3) is 22.1 Å². The third kappa shape index (κ3) is 3.08. The van der Waals surface area contributed by atoms with E-state index >= 15 is 0 Å². The number of hydrogen-bond acceptors (Lipinski definition) is 4. The van der Waals surface area contributed by atoms with Gasteiger partial charge in [0.1, 0.15) is 0 Å². The standard InChI is InChI=1S/C12H10N4.4H2O/c13-7-5-11-12(6-8(7)14)16-10-4-2-1-3-9(10)15-11;;;;/h1-6H,13-14H2;4*1H2. The van der Waals surface area contributed by atoms with E-state index in [9.17, 15) is 0 Å². The number of aromatic nitrogens is 2. The van der Waals surface area contributed by atoms with Gasteiger partial charge in [-0.3, -0.25) is 0 Å². The first kappa shape index (κ1) is 19.8. The Morgan fingerprint density at radius 2 is 0.950 bits per heavy atom. The van der Waals surface area contributed by atoms with Gasteiger partial charge in [0, 0.05) is 0 Å². The van der Waals surface area contributed by atoms with E-state index in [1.165, 1.54) is 0 Å². The minimum atomic E-state index is 0. The number of anilines is 2. The highest BCUT2D eigenvalue weighted by atomic mass is 16.0. The first-order valence-electron chi connectivity index (χ1n) is 4.95. The maximum atomic E-state index is 5.74. The van der Waals surface area contributed by atoms with Crippen LogP contribution >= 0.6 is 0 Å². The summed E-state index contributed by atoms with van der Waals surface area (Å²) in [6.07, 6.45) is 0. The Bertz CT molecular complexity index is 645. The van der Waals surface area contributed by atoms with Crippen molar-refractivity contribution >= 4 is 33.4 Å². The van der Waals surface area contributed by atoms with Gasteiger partial charge < -0.3 is 33.4 Å². The molecule has 8 heteroatoms. The van der Waals surface area contributed by atoms with E-state index in [1.54, 1.807) is 12.1 Å². The summed E-state index contributed by atoms with van der Waals surface area (Å²) < 4.78 is 0. The van der Waals surface area contributed by atoms with Gasteiger partial charge >= 0.3 is 0 Å². The molecule has 20 heavy (non-hydrogen) atoms. The molecule has 0 atom stereocenters. The van der Waals surface area contributed by atoms with E-state index in [4.69, 9.17) is 11.5 Å². The fourth-order valence-corrected chi connectivity index (χ4v) is 1.70. The van der Waals surface area contributed by atoms with Gasteiger partial charge in [-0.1, -0.05) is 12.1 Å². The second kappa shape index (κ2) is 7.16. The molecule has 0 fully saturated rings. The zero-order valence-electron chi connectivity index (χ0n) is 10.5. The van der Waals surface area contributed by atoms with Gasteiger partial charge in [-0.25, -0.2) is 9.97 Å². The Balaban J connectivity index is 0. The highest BCUT2D eigenvalue weighted by molar-refractivity contribution is 5.91. The van der Waals surface area contributed by atoms with Crippen molar-refractivity contribution in [2.45, 2.75) is 0 Å². The molecule has 0 spiro atoms. The van der Waals surface area contributed by atoms with E-state index < -0.39 is 0 Å². The fraction of sp³-hybridized carbons (Fsp3) is 0. The topological polar surface area (TPSA) is 204 Å². The Morgan fingerprint density at radius 3 is 1.30 bits per heavy atom. The smallest absolute Gasteiger partial charge is 0.0916 e. The monoisotopic (exact) mass is 282 g/mol. The summed E-state index contributed by atoms with van der Waals surface area (Å²) in [7, 11) is 0. The van der Waals surface area contributed by atoms with Crippen molar-refractivity contribution in [2.24, 2.45) is 0 Å². The van der Waals surface area contributed by atoms with E-state index in [0.29, 0.717) is 11.4 Å².